The molecule has 0 bridgehead atoms. The Hall–Kier alpha value is -2.30. The molecule has 5 N–H and O–H groups in total. The number of carbonyl (C=O) groups excluding carboxylic acids is 1. The zero-order valence-electron chi connectivity index (χ0n) is 10.0. The maximum absolute atomic E-state index is 12.2. The summed E-state index contributed by atoms with van der Waals surface area (Å²) in [7, 11) is 0. The first-order valence-electron chi connectivity index (χ1n) is 5.74. The minimum atomic E-state index is -0.0747. The number of nitrogen functional groups attached to an aromatic ring is 1. The monoisotopic (exact) mass is 244 g/mol. The number of nitrogens with two attached hydrogens (primary N) is 2. The molecule has 1 aliphatic heterocycles. The molecule has 2 rings (SSSR count). The third-order valence-corrected chi connectivity index (χ3v) is 3.02. The van der Waals surface area contributed by atoms with Crippen LogP contribution in [0.1, 0.15) is 16.8 Å². The molecule has 0 fully saturated rings. The Morgan fingerprint density at radius 2 is 2.17 bits per heavy atom. The summed E-state index contributed by atoms with van der Waals surface area (Å²) < 4.78 is 0. The maximum atomic E-state index is 12.2. The number of anilines is 1. The van der Waals surface area contributed by atoms with E-state index in [-0.39, 0.29) is 5.91 Å². The Labute approximate surface area is 106 Å². The first kappa shape index (κ1) is 12.2. The van der Waals surface area contributed by atoms with Crippen molar-refractivity contribution in [3.05, 3.63) is 41.1 Å². The zero-order chi connectivity index (χ0) is 13.1. The summed E-state index contributed by atoms with van der Waals surface area (Å²) >= 11 is 0. The van der Waals surface area contributed by atoms with Crippen molar-refractivity contribution in [2.24, 2.45) is 5.73 Å². The molecule has 0 radical (unpaired) electrons. The quantitative estimate of drug-likeness (QED) is 0.534. The van der Waals surface area contributed by atoms with Crippen LogP contribution in [-0.4, -0.2) is 30.1 Å². The average molecular weight is 244 g/mol. The highest BCUT2D eigenvalue weighted by molar-refractivity contribution is 5.95. The number of nitrogens with one attached hydrogen (secondary N) is 1. The van der Waals surface area contributed by atoms with Gasteiger partial charge in [-0.15, -0.1) is 0 Å². The van der Waals surface area contributed by atoms with Crippen molar-refractivity contribution in [3.63, 3.8) is 0 Å². The summed E-state index contributed by atoms with van der Waals surface area (Å²) in [5.74, 6) is -0.0747. The number of nitrogens with zero attached hydrogens (tertiary/aromatic N) is 1. The van der Waals surface area contributed by atoms with Crippen molar-refractivity contribution >= 4 is 17.8 Å². The molecule has 0 saturated heterocycles. The fourth-order valence-corrected chi connectivity index (χ4v) is 1.99. The third kappa shape index (κ3) is 2.34. The summed E-state index contributed by atoms with van der Waals surface area (Å²) in [4.78, 5) is 13.9. The summed E-state index contributed by atoms with van der Waals surface area (Å²) in [6.45, 7) is 0.956. The Morgan fingerprint density at radius 3 is 2.78 bits per heavy atom. The van der Waals surface area contributed by atoms with Crippen LogP contribution in [0.4, 0.5) is 5.69 Å². The van der Waals surface area contributed by atoms with Gasteiger partial charge < -0.3 is 21.8 Å². The minimum Gasteiger partial charge on any atom is -0.400 e. The average Bonchev–Trinajstić information content (AvgIpc) is 2.37. The first-order chi connectivity index (χ1) is 8.61. The van der Waals surface area contributed by atoms with Crippen LogP contribution >= 0.6 is 0 Å². The smallest absolute Gasteiger partial charge is 0.254 e. The molecule has 5 heteroatoms. The van der Waals surface area contributed by atoms with E-state index < -0.39 is 0 Å². The lowest BCUT2D eigenvalue weighted by Gasteiger charge is -2.28. The van der Waals surface area contributed by atoms with Crippen molar-refractivity contribution < 1.29 is 4.79 Å². The number of carbonyl (C=O) groups is 1. The Balaban J connectivity index is 2.17. The lowest BCUT2D eigenvalue weighted by atomic mass is 10.1. The summed E-state index contributed by atoms with van der Waals surface area (Å²) in [5.41, 5.74) is 14.0. The molecule has 0 aliphatic carbocycles. The SMILES string of the molecule is N=CC1=C(N)CN(C(=O)c2cccc(N)c2)CC1. The number of benzene rings is 1. The van der Waals surface area contributed by atoms with Crippen LogP contribution < -0.4 is 11.5 Å². The predicted molar refractivity (Wildman–Crippen MR) is 71.4 cm³/mol. The second-order valence-electron chi connectivity index (χ2n) is 4.30. The maximum Gasteiger partial charge on any atom is 0.254 e. The van der Waals surface area contributed by atoms with Crippen LogP contribution in [0.3, 0.4) is 0 Å². The molecule has 0 aromatic heterocycles. The molecule has 1 aromatic rings. The Morgan fingerprint density at radius 1 is 1.39 bits per heavy atom. The predicted octanol–water partition coefficient (Wildman–Crippen LogP) is 0.977. The molecule has 0 saturated carbocycles. The van der Waals surface area contributed by atoms with Gasteiger partial charge in [-0.3, -0.25) is 4.79 Å². The van der Waals surface area contributed by atoms with Crippen molar-refractivity contribution in [1.82, 2.24) is 4.90 Å². The number of hydrogen-bond donors (Lipinski definition) is 3. The van der Waals surface area contributed by atoms with Crippen molar-refractivity contribution in [2.75, 3.05) is 18.8 Å². The van der Waals surface area contributed by atoms with E-state index in [0.717, 1.165) is 5.57 Å². The fraction of sp³-hybridized carbons (Fsp3) is 0.231. The second-order valence-corrected chi connectivity index (χ2v) is 4.30. The summed E-state index contributed by atoms with van der Waals surface area (Å²) in [6.07, 6.45) is 1.89. The molecule has 1 heterocycles. The van der Waals surface area contributed by atoms with Gasteiger partial charge in [0.2, 0.25) is 0 Å². The molecular weight excluding hydrogens is 228 g/mol. The molecule has 0 unspecified atom stereocenters. The van der Waals surface area contributed by atoms with E-state index in [1.807, 2.05) is 0 Å². The highest BCUT2D eigenvalue weighted by atomic mass is 16.2. The van der Waals surface area contributed by atoms with E-state index in [4.69, 9.17) is 16.9 Å². The largest absolute Gasteiger partial charge is 0.400 e. The topological polar surface area (TPSA) is 96.2 Å². The van der Waals surface area contributed by atoms with Crippen LogP contribution in [-0.2, 0) is 0 Å². The molecule has 0 spiro atoms. The van der Waals surface area contributed by atoms with Gasteiger partial charge in [-0.05, 0) is 30.2 Å². The summed E-state index contributed by atoms with van der Waals surface area (Å²) in [6, 6.07) is 6.90. The second kappa shape index (κ2) is 4.91. The number of rotatable bonds is 2. The van der Waals surface area contributed by atoms with Gasteiger partial charge in [0.15, 0.2) is 0 Å². The number of amides is 1. The van der Waals surface area contributed by atoms with Gasteiger partial charge in [-0.1, -0.05) is 6.07 Å². The van der Waals surface area contributed by atoms with Crippen LogP contribution in [0.15, 0.2) is 35.5 Å². The van der Waals surface area contributed by atoms with Crippen LogP contribution in [0, 0.1) is 5.41 Å². The van der Waals surface area contributed by atoms with E-state index in [1.165, 1.54) is 6.21 Å². The lowest BCUT2D eigenvalue weighted by Crippen LogP contribution is -2.39. The van der Waals surface area contributed by atoms with Gasteiger partial charge in [0, 0.05) is 29.7 Å². The molecule has 1 aliphatic rings. The fourth-order valence-electron chi connectivity index (χ4n) is 1.99. The Kier molecular flexibility index (Phi) is 3.32. The Bertz CT molecular complexity index is 521. The van der Waals surface area contributed by atoms with E-state index in [2.05, 4.69) is 0 Å². The minimum absolute atomic E-state index is 0.0747. The van der Waals surface area contributed by atoms with Gasteiger partial charge in [0.05, 0.1) is 6.54 Å². The normalized spacial score (nSPS) is 15.7. The van der Waals surface area contributed by atoms with Gasteiger partial charge in [-0.25, -0.2) is 0 Å². The molecule has 18 heavy (non-hydrogen) atoms. The highest BCUT2D eigenvalue weighted by Gasteiger charge is 2.21. The third-order valence-electron chi connectivity index (χ3n) is 3.02. The van der Waals surface area contributed by atoms with E-state index in [1.54, 1.807) is 29.2 Å². The molecular formula is C13H16N4O. The molecule has 1 aromatic carbocycles. The highest BCUT2D eigenvalue weighted by Crippen LogP contribution is 2.16. The van der Waals surface area contributed by atoms with Gasteiger partial charge in [-0.2, -0.15) is 0 Å². The summed E-state index contributed by atoms with van der Waals surface area (Å²) in [5, 5.41) is 7.21. The van der Waals surface area contributed by atoms with Crippen molar-refractivity contribution in [2.45, 2.75) is 6.42 Å². The zero-order valence-corrected chi connectivity index (χ0v) is 10.0. The standard InChI is InChI=1S/C13H16N4O/c14-7-10-4-5-17(8-12(10)16)13(18)9-2-1-3-11(15)6-9/h1-3,6-7,14H,4-5,8,15-16H2. The van der Waals surface area contributed by atoms with Gasteiger partial charge in [0.25, 0.3) is 5.91 Å². The molecule has 1 amide bonds. The van der Waals surface area contributed by atoms with E-state index in [0.29, 0.717) is 36.5 Å². The van der Waals surface area contributed by atoms with Gasteiger partial charge >= 0.3 is 0 Å². The van der Waals surface area contributed by atoms with E-state index in [9.17, 15) is 4.79 Å². The van der Waals surface area contributed by atoms with Gasteiger partial charge in [0.1, 0.15) is 0 Å². The first-order valence-corrected chi connectivity index (χ1v) is 5.74. The molecule has 94 valence electrons. The number of hydrogen-bond acceptors (Lipinski definition) is 4. The lowest BCUT2D eigenvalue weighted by molar-refractivity contribution is 0.0764. The van der Waals surface area contributed by atoms with Crippen molar-refractivity contribution in [3.8, 4) is 0 Å². The van der Waals surface area contributed by atoms with Crippen LogP contribution in [0.5, 0.6) is 0 Å². The molecule has 0 atom stereocenters. The van der Waals surface area contributed by atoms with Crippen LogP contribution in [0.2, 0.25) is 0 Å². The van der Waals surface area contributed by atoms with Crippen molar-refractivity contribution in [1.29, 1.82) is 5.41 Å². The van der Waals surface area contributed by atoms with E-state index >= 15 is 0 Å². The van der Waals surface area contributed by atoms with Crippen LogP contribution in [0.25, 0.3) is 0 Å². The molecule has 5 nitrogen and oxygen atoms in total.